The molecule has 25 heavy (non-hydrogen) atoms. The van der Waals surface area contributed by atoms with Gasteiger partial charge in [0.1, 0.15) is 11.5 Å². The zero-order chi connectivity index (χ0) is 18.0. The number of ether oxygens (including phenoxy) is 2. The van der Waals surface area contributed by atoms with E-state index in [1.54, 1.807) is 43.5 Å². The number of benzene rings is 3. The van der Waals surface area contributed by atoms with Crippen LogP contribution in [-0.4, -0.2) is 22.6 Å². The number of fused-ring (bicyclic) bond motifs is 1. The molecule has 3 aromatic rings. The molecule has 0 bridgehead atoms. The molecule has 1 N–H and O–H groups in total. The maximum absolute atomic E-state index is 12.8. The monoisotopic (exact) mass is 357 g/mol. The van der Waals surface area contributed by atoms with Crippen LogP contribution in [0.25, 0.3) is 10.8 Å². The van der Waals surface area contributed by atoms with E-state index < -0.39 is 10.0 Å². The standard InChI is InChI=1S/C19H19NO4S/c1-13-4-9-19(24-3)18(10-13)20-25(21,22)17-8-6-14-11-16(23-2)7-5-15(14)12-17/h4-12,20H,1-3H3. The van der Waals surface area contributed by atoms with Crippen molar-refractivity contribution < 1.29 is 17.9 Å². The molecule has 0 radical (unpaired) electrons. The number of methoxy groups -OCH3 is 2. The summed E-state index contributed by atoms with van der Waals surface area (Å²) in [5, 5.41) is 1.73. The smallest absolute Gasteiger partial charge is 0.262 e. The molecule has 6 heteroatoms. The van der Waals surface area contributed by atoms with E-state index in [1.807, 2.05) is 25.1 Å². The Morgan fingerprint density at radius 2 is 1.56 bits per heavy atom. The number of sulfonamides is 1. The molecule has 0 atom stereocenters. The van der Waals surface area contributed by atoms with Gasteiger partial charge in [-0.2, -0.15) is 0 Å². The summed E-state index contributed by atoms with van der Waals surface area (Å²) in [5.41, 5.74) is 1.35. The van der Waals surface area contributed by atoms with Gasteiger partial charge in [0.15, 0.2) is 0 Å². The minimum atomic E-state index is -3.73. The number of hydrogen-bond acceptors (Lipinski definition) is 4. The van der Waals surface area contributed by atoms with Crippen molar-refractivity contribution in [3.05, 3.63) is 60.2 Å². The first-order valence-corrected chi connectivity index (χ1v) is 9.16. The fourth-order valence-electron chi connectivity index (χ4n) is 2.60. The maximum atomic E-state index is 12.8. The second kappa shape index (κ2) is 6.64. The molecule has 0 saturated heterocycles. The van der Waals surface area contributed by atoms with Gasteiger partial charge in [0.2, 0.25) is 0 Å². The van der Waals surface area contributed by atoms with E-state index in [0.717, 1.165) is 22.1 Å². The van der Waals surface area contributed by atoms with Gasteiger partial charge >= 0.3 is 0 Å². The molecule has 130 valence electrons. The number of hydrogen-bond donors (Lipinski definition) is 1. The van der Waals surface area contributed by atoms with Crippen LogP contribution < -0.4 is 14.2 Å². The predicted octanol–water partition coefficient (Wildman–Crippen LogP) is 3.97. The Hall–Kier alpha value is -2.73. The Morgan fingerprint density at radius 3 is 2.28 bits per heavy atom. The summed E-state index contributed by atoms with van der Waals surface area (Å²) in [7, 11) is -0.629. The first-order valence-electron chi connectivity index (χ1n) is 7.68. The van der Waals surface area contributed by atoms with Gasteiger partial charge < -0.3 is 9.47 Å². The molecular weight excluding hydrogens is 338 g/mol. The molecule has 0 fully saturated rings. The van der Waals surface area contributed by atoms with Crippen LogP contribution >= 0.6 is 0 Å². The van der Waals surface area contributed by atoms with Crippen LogP contribution in [0.5, 0.6) is 11.5 Å². The molecule has 3 aromatic carbocycles. The zero-order valence-corrected chi connectivity index (χ0v) is 15.1. The molecular formula is C19H19NO4S. The highest BCUT2D eigenvalue weighted by molar-refractivity contribution is 7.92. The third kappa shape index (κ3) is 3.53. The number of nitrogens with one attached hydrogen (secondary N) is 1. The largest absolute Gasteiger partial charge is 0.497 e. The van der Waals surface area contributed by atoms with Crippen molar-refractivity contribution in [2.45, 2.75) is 11.8 Å². The lowest BCUT2D eigenvalue weighted by Crippen LogP contribution is -2.13. The minimum absolute atomic E-state index is 0.189. The molecule has 0 aliphatic heterocycles. The lowest BCUT2D eigenvalue weighted by atomic mass is 10.1. The van der Waals surface area contributed by atoms with Crippen molar-refractivity contribution >= 4 is 26.5 Å². The highest BCUT2D eigenvalue weighted by Crippen LogP contribution is 2.29. The number of anilines is 1. The lowest BCUT2D eigenvalue weighted by molar-refractivity contribution is 0.415. The summed E-state index contributed by atoms with van der Waals surface area (Å²) >= 11 is 0. The summed E-state index contributed by atoms with van der Waals surface area (Å²) in [4.78, 5) is 0.189. The number of rotatable bonds is 5. The van der Waals surface area contributed by atoms with E-state index in [1.165, 1.54) is 7.11 Å². The van der Waals surface area contributed by atoms with Crippen LogP contribution in [0, 0.1) is 6.92 Å². The molecule has 0 saturated carbocycles. The van der Waals surface area contributed by atoms with Gasteiger partial charge in [0, 0.05) is 0 Å². The summed E-state index contributed by atoms with van der Waals surface area (Å²) in [6.45, 7) is 1.89. The van der Waals surface area contributed by atoms with Crippen LogP contribution in [-0.2, 0) is 10.0 Å². The molecule has 0 aromatic heterocycles. The molecule has 5 nitrogen and oxygen atoms in total. The fourth-order valence-corrected chi connectivity index (χ4v) is 3.70. The van der Waals surface area contributed by atoms with Crippen molar-refractivity contribution in [3.8, 4) is 11.5 Å². The third-order valence-electron chi connectivity index (χ3n) is 3.93. The highest BCUT2D eigenvalue weighted by Gasteiger charge is 2.17. The fraction of sp³-hybridized carbons (Fsp3) is 0.158. The van der Waals surface area contributed by atoms with Crippen LogP contribution in [0.3, 0.4) is 0 Å². The van der Waals surface area contributed by atoms with Gasteiger partial charge in [-0.1, -0.05) is 18.2 Å². The molecule has 0 heterocycles. The molecule has 0 aliphatic rings. The first kappa shape index (κ1) is 17.1. The quantitative estimate of drug-likeness (QED) is 0.750. The summed E-state index contributed by atoms with van der Waals surface area (Å²) < 4.78 is 38.5. The summed E-state index contributed by atoms with van der Waals surface area (Å²) in [6.07, 6.45) is 0. The van der Waals surface area contributed by atoms with Crippen molar-refractivity contribution in [1.82, 2.24) is 0 Å². The minimum Gasteiger partial charge on any atom is -0.497 e. The van der Waals surface area contributed by atoms with Gasteiger partial charge in [-0.15, -0.1) is 0 Å². The average Bonchev–Trinajstić information content (AvgIpc) is 2.60. The first-order chi connectivity index (χ1) is 11.9. The van der Waals surface area contributed by atoms with Crippen LogP contribution in [0.15, 0.2) is 59.5 Å². The Labute approximate surface area is 147 Å². The predicted molar refractivity (Wildman–Crippen MR) is 99.0 cm³/mol. The maximum Gasteiger partial charge on any atom is 0.262 e. The normalized spacial score (nSPS) is 11.3. The van der Waals surface area contributed by atoms with E-state index in [2.05, 4.69) is 4.72 Å². The van der Waals surface area contributed by atoms with Crippen molar-refractivity contribution in [1.29, 1.82) is 0 Å². The second-order valence-corrected chi connectivity index (χ2v) is 7.37. The summed E-state index contributed by atoms with van der Waals surface area (Å²) in [5.74, 6) is 1.20. The van der Waals surface area contributed by atoms with E-state index in [9.17, 15) is 8.42 Å². The second-order valence-electron chi connectivity index (χ2n) is 5.68. The third-order valence-corrected chi connectivity index (χ3v) is 5.29. The highest BCUT2D eigenvalue weighted by atomic mass is 32.2. The van der Waals surface area contributed by atoms with Crippen molar-refractivity contribution in [3.63, 3.8) is 0 Å². The SMILES string of the molecule is COc1ccc2cc(S(=O)(=O)Nc3cc(C)ccc3OC)ccc2c1. The van der Waals surface area contributed by atoms with Gasteiger partial charge in [0.25, 0.3) is 10.0 Å². The lowest BCUT2D eigenvalue weighted by Gasteiger charge is -2.13. The van der Waals surface area contributed by atoms with Crippen molar-refractivity contribution in [2.24, 2.45) is 0 Å². The topological polar surface area (TPSA) is 64.6 Å². The molecule has 3 rings (SSSR count). The van der Waals surface area contributed by atoms with Gasteiger partial charge in [0.05, 0.1) is 24.8 Å². The Balaban J connectivity index is 2.00. The summed E-state index contributed by atoms with van der Waals surface area (Å²) in [6, 6.07) is 15.8. The van der Waals surface area contributed by atoms with Crippen LogP contribution in [0.1, 0.15) is 5.56 Å². The molecule has 0 spiro atoms. The van der Waals surface area contributed by atoms with E-state index >= 15 is 0 Å². The Morgan fingerprint density at radius 1 is 0.840 bits per heavy atom. The van der Waals surface area contributed by atoms with Gasteiger partial charge in [-0.05, 0) is 59.7 Å². The van der Waals surface area contributed by atoms with E-state index in [-0.39, 0.29) is 4.90 Å². The molecule has 0 aliphatic carbocycles. The van der Waals surface area contributed by atoms with Crippen molar-refractivity contribution in [2.75, 3.05) is 18.9 Å². The average molecular weight is 357 g/mol. The van der Waals surface area contributed by atoms with Crippen LogP contribution in [0.2, 0.25) is 0 Å². The molecule has 0 amide bonds. The zero-order valence-electron chi connectivity index (χ0n) is 14.2. The number of aryl methyl sites for hydroxylation is 1. The van der Waals surface area contributed by atoms with Gasteiger partial charge in [-0.3, -0.25) is 4.72 Å². The molecule has 0 unspecified atom stereocenters. The van der Waals surface area contributed by atoms with Gasteiger partial charge in [-0.25, -0.2) is 8.42 Å². The Kier molecular flexibility index (Phi) is 4.55. The Bertz CT molecular complexity index is 1030. The van der Waals surface area contributed by atoms with E-state index in [0.29, 0.717) is 11.4 Å². The van der Waals surface area contributed by atoms with Crippen LogP contribution in [0.4, 0.5) is 5.69 Å². The van der Waals surface area contributed by atoms with E-state index in [4.69, 9.17) is 9.47 Å².